The van der Waals surface area contributed by atoms with Gasteiger partial charge in [0.25, 0.3) is 0 Å². The number of nitrogens with one attached hydrogen (secondary N) is 1. The zero-order valence-corrected chi connectivity index (χ0v) is 12.3. The molecule has 1 amide bonds. The largest absolute Gasteiger partial charge is 0.495 e. The average Bonchev–Trinajstić information content (AvgIpc) is 2.47. The molecular weight excluding hydrogens is 288 g/mol. The second kappa shape index (κ2) is 5.30. The SMILES string of the molecule is COc1cc2c(cc1N)C(c1ccc(Cl)cc1)NC(=O)C2. The molecule has 108 valence electrons. The van der Waals surface area contributed by atoms with Crippen molar-refractivity contribution in [2.75, 3.05) is 12.8 Å². The summed E-state index contributed by atoms with van der Waals surface area (Å²) in [5.74, 6) is 0.576. The number of amides is 1. The number of nitrogen functional groups attached to an aromatic ring is 1. The van der Waals surface area contributed by atoms with E-state index in [0.717, 1.165) is 16.7 Å². The molecule has 0 bridgehead atoms. The quantitative estimate of drug-likeness (QED) is 0.838. The molecule has 0 aromatic heterocycles. The number of carbonyl (C=O) groups is 1. The summed E-state index contributed by atoms with van der Waals surface area (Å²) in [6.07, 6.45) is 0.329. The predicted octanol–water partition coefficient (Wildman–Crippen LogP) is 2.69. The fourth-order valence-corrected chi connectivity index (χ4v) is 2.76. The summed E-state index contributed by atoms with van der Waals surface area (Å²) in [6, 6.07) is 10.9. The van der Waals surface area contributed by atoms with E-state index in [-0.39, 0.29) is 11.9 Å². The molecular formula is C16H15ClN2O2. The minimum atomic E-state index is -0.216. The van der Waals surface area contributed by atoms with Gasteiger partial charge in [0.1, 0.15) is 5.75 Å². The van der Waals surface area contributed by atoms with Crippen LogP contribution in [0.4, 0.5) is 5.69 Å². The Morgan fingerprint density at radius 1 is 1.29 bits per heavy atom. The molecule has 3 N–H and O–H groups in total. The fourth-order valence-electron chi connectivity index (χ4n) is 2.64. The van der Waals surface area contributed by atoms with Gasteiger partial charge < -0.3 is 15.8 Å². The Morgan fingerprint density at radius 3 is 2.67 bits per heavy atom. The van der Waals surface area contributed by atoms with Gasteiger partial charge in [0.05, 0.1) is 25.3 Å². The zero-order valence-electron chi connectivity index (χ0n) is 11.5. The number of anilines is 1. The van der Waals surface area contributed by atoms with Crippen molar-refractivity contribution in [3.8, 4) is 5.75 Å². The lowest BCUT2D eigenvalue weighted by Gasteiger charge is -2.28. The number of halogens is 1. The molecule has 3 rings (SSSR count). The Labute approximate surface area is 127 Å². The van der Waals surface area contributed by atoms with Gasteiger partial charge in [0, 0.05) is 5.02 Å². The van der Waals surface area contributed by atoms with Gasteiger partial charge >= 0.3 is 0 Å². The number of ether oxygens (including phenoxy) is 1. The lowest BCUT2D eigenvalue weighted by molar-refractivity contribution is -0.121. The van der Waals surface area contributed by atoms with Crippen LogP contribution in [0.1, 0.15) is 22.7 Å². The Balaban J connectivity index is 2.10. The first-order valence-corrected chi connectivity index (χ1v) is 6.97. The maximum atomic E-state index is 12.0. The highest BCUT2D eigenvalue weighted by Gasteiger charge is 2.27. The van der Waals surface area contributed by atoms with Gasteiger partial charge in [-0.25, -0.2) is 0 Å². The lowest BCUT2D eigenvalue weighted by Crippen LogP contribution is -2.35. The summed E-state index contributed by atoms with van der Waals surface area (Å²) >= 11 is 5.92. The molecule has 0 spiro atoms. The Hall–Kier alpha value is -2.20. The monoisotopic (exact) mass is 302 g/mol. The van der Waals surface area contributed by atoms with Gasteiger partial charge in [-0.2, -0.15) is 0 Å². The van der Waals surface area contributed by atoms with Crippen LogP contribution in [0.25, 0.3) is 0 Å². The third-order valence-electron chi connectivity index (χ3n) is 3.66. The first kappa shape index (κ1) is 13.8. The van der Waals surface area contributed by atoms with Crippen LogP contribution in [0, 0.1) is 0 Å². The number of carbonyl (C=O) groups excluding carboxylic acids is 1. The van der Waals surface area contributed by atoms with Crippen LogP contribution in [0.3, 0.4) is 0 Å². The van der Waals surface area contributed by atoms with E-state index in [1.54, 1.807) is 7.11 Å². The molecule has 0 fully saturated rings. The molecule has 1 aliphatic rings. The molecule has 2 aromatic rings. The minimum absolute atomic E-state index is 0.0192. The molecule has 1 heterocycles. The Morgan fingerprint density at radius 2 is 2.00 bits per heavy atom. The van der Waals surface area contributed by atoms with E-state index in [9.17, 15) is 4.79 Å². The second-order valence-corrected chi connectivity index (χ2v) is 5.46. The van der Waals surface area contributed by atoms with Gasteiger partial charge in [-0.15, -0.1) is 0 Å². The van der Waals surface area contributed by atoms with Crippen LogP contribution in [-0.2, 0) is 11.2 Å². The van der Waals surface area contributed by atoms with Gasteiger partial charge in [-0.3, -0.25) is 4.79 Å². The van der Waals surface area contributed by atoms with Crippen LogP contribution < -0.4 is 15.8 Å². The Bertz CT molecular complexity index is 698. The van der Waals surface area contributed by atoms with Crippen molar-refractivity contribution in [2.24, 2.45) is 0 Å². The molecule has 0 saturated carbocycles. The number of fused-ring (bicyclic) bond motifs is 1. The van der Waals surface area contributed by atoms with Gasteiger partial charge in [0.2, 0.25) is 5.91 Å². The van der Waals surface area contributed by atoms with Crippen LogP contribution >= 0.6 is 11.6 Å². The lowest BCUT2D eigenvalue weighted by atomic mass is 9.89. The van der Waals surface area contributed by atoms with E-state index in [1.165, 1.54) is 0 Å². The van der Waals surface area contributed by atoms with Crippen molar-refractivity contribution in [1.82, 2.24) is 5.32 Å². The van der Waals surface area contributed by atoms with Crippen LogP contribution in [-0.4, -0.2) is 13.0 Å². The maximum absolute atomic E-state index is 12.0. The molecule has 1 atom stereocenters. The van der Waals surface area contributed by atoms with E-state index < -0.39 is 0 Å². The van der Waals surface area contributed by atoms with Gasteiger partial charge in [-0.05, 0) is 41.0 Å². The summed E-state index contributed by atoms with van der Waals surface area (Å²) in [5.41, 5.74) is 9.46. The Kier molecular flexibility index (Phi) is 3.47. The van der Waals surface area contributed by atoms with Crippen molar-refractivity contribution in [1.29, 1.82) is 0 Å². The summed E-state index contributed by atoms with van der Waals surface area (Å²) in [4.78, 5) is 12.0. The zero-order chi connectivity index (χ0) is 15.0. The summed E-state index contributed by atoms with van der Waals surface area (Å²) in [7, 11) is 1.57. The average molecular weight is 303 g/mol. The van der Waals surface area contributed by atoms with E-state index in [1.807, 2.05) is 36.4 Å². The van der Waals surface area contributed by atoms with E-state index in [2.05, 4.69) is 5.32 Å². The molecule has 21 heavy (non-hydrogen) atoms. The highest BCUT2D eigenvalue weighted by atomic mass is 35.5. The van der Waals surface area contributed by atoms with Gasteiger partial charge in [-0.1, -0.05) is 23.7 Å². The van der Waals surface area contributed by atoms with Crippen molar-refractivity contribution >= 4 is 23.2 Å². The topological polar surface area (TPSA) is 64.3 Å². The van der Waals surface area contributed by atoms with Crippen LogP contribution in [0.15, 0.2) is 36.4 Å². The third-order valence-corrected chi connectivity index (χ3v) is 3.91. The van der Waals surface area contributed by atoms with Crippen molar-refractivity contribution in [3.63, 3.8) is 0 Å². The number of rotatable bonds is 2. The third kappa shape index (κ3) is 2.54. The molecule has 4 nitrogen and oxygen atoms in total. The number of nitrogens with two attached hydrogens (primary N) is 1. The molecule has 1 unspecified atom stereocenters. The smallest absolute Gasteiger partial charge is 0.225 e. The molecule has 0 saturated heterocycles. The van der Waals surface area contributed by atoms with Crippen molar-refractivity contribution in [2.45, 2.75) is 12.5 Å². The predicted molar refractivity (Wildman–Crippen MR) is 82.5 cm³/mol. The highest BCUT2D eigenvalue weighted by Crippen LogP contribution is 2.35. The summed E-state index contributed by atoms with van der Waals surface area (Å²) in [6.45, 7) is 0. The van der Waals surface area contributed by atoms with E-state index in [4.69, 9.17) is 22.1 Å². The molecule has 1 aliphatic heterocycles. The number of hydrogen-bond acceptors (Lipinski definition) is 3. The normalized spacial score (nSPS) is 17.0. The maximum Gasteiger partial charge on any atom is 0.225 e. The fraction of sp³-hybridized carbons (Fsp3) is 0.188. The van der Waals surface area contributed by atoms with E-state index in [0.29, 0.717) is 22.9 Å². The standard InChI is InChI=1S/C16H15ClN2O2/c1-21-14-6-10-7-15(20)19-16(12(10)8-13(14)18)9-2-4-11(17)5-3-9/h2-6,8,16H,7,18H2,1H3,(H,19,20). The number of benzene rings is 2. The number of methoxy groups -OCH3 is 1. The molecule has 5 heteroatoms. The highest BCUT2D eigenvalue weighted by molar-refractivity contribution is 6.30. The number of hydrogen-bond donors (Lipinski definition) is 2. The van der Waals surface area contributed by atoms with Crippen molar-refractivity contribution < 1.29 is 9.53 Å². The van der Waals surface area contributed by atoms with E-state index >= 15 is 0 Å². The molecule has 2 aromatic carbocycles. The molecule has 0 radical (unpaired) electrons. The van der Waals surface area contributed by atoms with Gasteiger partial charge in [0.15, 0.2) is 0 Å². The van der Waals surface area contributed by atoms with Crippen LogP contribution in [0.2, 0.25) is 5.02 Å². The van der Waals surface area contributed by atoms with Crippen LogP contribution in [0.5, 0.6) is 5.75 Å². The van der Waals surface area contributed by atoms with Crippen molar-refractivity contribution in [3.05, 3.63) is 58.1 Å². The first-order valence-electron chi connectivity index (χ1n) is 6.59. The molecule has 0 aliphatic carbocycles. The summed E-state index contributed by atoms with van der Waals surface area (Å²) < 4.78 is 5.23. The minimum Gasteiger partial charge on any atom is -0.495 e. The summed E-state index contributed by atoms with van der Waals surface area (Å²) in [5, 5.41) is 3.66. The first-order chi connectivity index (χ1) is 10.1. The second-order valence-electron chi connectivity index (χ2n) is 5.02.